The number of nitrogens with two attached hydrogens (primary N) is 1. The molecular weight excluding hydrogens is 198 g/mol. The molecule has 2 aliphatic rings. The van der Waals surface area contributed by atoms with Gasteiger partial charge in [-0.3, -0.25) is 0 Å². The van der Waals surface area contributed by atoms with Crippen LogP contribution in [0.4, 0.5) is 0 Å². The van der Waals surface area contributed by atoms with Crippen molar-refractivity contribution in [2.75, 3.05) is 13.1 Å². The maximum atomic E-state index is 6.07. The maximum Gasteiger partial charge on any atom is 0.191 e. The topological polar surface area (TPSA) is 41.6 Å². The Labute approximate surface area is 99.1 Å². The van der Waals surface area contributed by atoms with Crippen molar-refractivity contribution >= 4 is 5.96 Å². The summed E-state index contributed by atoms with van der Waals surface area (Å²) in [7, 11) is 0. The van der Waals surface area contributed by atoms with Crippen LogP contribution in [-0.2, 0) is 0 Å². The first-order valence-electron chi connectivity index (χ1n) is 6.79. The highest BCUT2D eigenvalue weighted by Crippen LogP contribution is 2.37. The van der Waals surface area contributed by atoms with E-state index in [0.717, 1.165) is 30.9 Å². The van der Waals surface area contributed by atoms with Crippen molar-refractivity contribution in [2.24, 2.45) is 22.6 Å². The monoisotopic (exact) mass is 223 g/mol. The van der Waals surface area contributed by atoms with Crippen molar-refractivity contribution in [3.05, 3.63) is 0 Å². The molecule has 2 atom stereocenters. The number of hydrogen-bond acceptors (Lipinski definition) is 1. The van der Waals surface area contributed by atoms with E-state index in [4.69, 9.17) is 5.73 Å². The highest BCUT2D eigenvalue weighted by atomic mass is 15.3. The molecule has 16 heavy (non-hydrogen) atoms. The van der Waals surface area contributed by atoms with Crippen LogP contribution in [0.25, 0.3) is 0 Å². The molecule has 3 nitrogen and oxygen atoms in total. The molecule has 0 aromatic heterocycles. The van der Waals surface area contributed by atoms with Crippen LogP contribution in [0.5, 0.6) is 0 Å². The Balaban J connectivity index is 1.79. The van der Waals surface area contributed by atoms with Gasteiger partial charge >= 0.3 is 0 Å². The van der Waals surface area contributed by atoms with Crippen LogP contribution in [0.2, 0.25) is 0 Å². The fourth-order valence-electron chi connectivity index (χ4n) is 2.56. The Morgan fingerprint density at radius 3 is 2.69 bits per heavy atom. The predicted octanol–water partition coefficient (Wildman–Crippen LogP) is 2.22. The number of likely N-dealkylation sites (tertiary alicyclic amines) is 1. The Kier molecular flexibility index (Phi) is 3.72. The van der Waals surface area contributed by atoms with Crippen LogP contribution in [0.3, 0.4) is 0 Å². The van der Waals surface area contributed by atoms with Crippen molar-refractivity contribution < 1.29 is 0 Å². The molecule has 0 bridgehead atoms. The van der Waals surface area contributed by atoms with Crippen molar-refractivity contribution in [1.82, 2.24) is 4.90 Å². The third kappa shape index (κ3) is 2.89. The number of aliphatic imine (C=N–C) groups is 1. The lowest BCUT2D eigenvalue weighted by atomic mass is 10.00. The minimum atomic E-state index is 0.541. The molecule has 0 amide bonds. The van der Waals surface area contributed by atoms with E-state index in [9.17, 15) is 0 Å². The van der Waals surface area contributed by atoms with Crippen molar-refractivity contribution in [3.63, 3.8) is 0 Å². The van der Waals surface area contributed by atoms with Gasteiger partial charge in [0.2, 0.25) is 0 Å². The molecule has 2 rings (SSSR count). The number of rotatable bonds is 3. The van der Waals surface area contributed by atoms with Crippen molar-refractivity contribution in [3.8, 4) is 0 Å². The normalized spacial score (nSPS) is 31.9. The SMILES string of the molecule is CCC[C@@H]1C[C@H]1N=C(N)N1CCC(C)CC1. The van der Waals surface area contributed by atoms with Crippen LogP contribution in [-0.4, -0.2) is 30.0 Å². The molecule has 0 aromatic rings. The second-order valence-corrected chi connectivity index (χ2v) is 5.51. The molecule has 2 N–H and O–H groups in total. The number of hydrogen-bond donors (Lipinski definition) is 1. The number of guanidine groups is 1. The summed E-state index contributed by atoms with van der Waals surface area (Å²) < 4.78 is 0. The Hall–Kier alpha value is -0.730. The molecule has 0 unspecified atom stereocenters. The first-order chi connectivity index (χ1) is 7.70. The lowest BCUT2D eigenvalue weighted by molar-refractivity contribution is 0.277. The highest BCUT2D eigenvalue weighted by molar-refractivity contribution is 5.78. The smallest absolute Gasteiger partial charge is 0.191 e. The van der Waals surface area contributed by atoms with Gasteiger partial charge in [-0.1, -0.05) is 20.3 Å². The van der Waals surface area contributed by atoms with Gasteiger partial charge in [-0.25, -0.2) is 4.99 Å². The van der Waals surface area contributed by atoms with Crippen molar-refractivity contribution in [2.45, 2.75) is 52.0 Å². The van der Waals surface area contributed by atoms with Gasteiger partial charge in [0.1, 0.15) is 0 Å². The van der Waals surface area contributed by atoms with Gasteiger partial charge in [-0.2, -0.15) is 0 Å². The zero-order valence-corrected chi connectivity index (χ0v) is 10.7. The first-order valence-corrected chi connectivity index (χ1v) is 6.79. The van der Waals surface area contributed by atoms with E-state index in [1.165, 1.54) is 32.1 Å². The molecule has 1 saturated heterocycles. The molecule has 1 saturated carbocycles. The summed E-state index contributed by atoms with van der Waals surface area (Å²) in [5, 5.41) is 0. The molecule has 0 spiro atoms. The van der Waals surface area contributed by atoms with Gasteiger partial charge in [-0.05, 0) is 37.5 Å². The average molecular weight is 223 g/mol. The van der Waals surface area contributed by atoms with Crippen molar-refractivity contribution in [1.29, 1.82) is 0 Å². The largest absolute Gasteiger partial charge is 0.370 e. The molecule has 92 valence electrons. The Morgan fingerprint density at radius 2 is 2.06 bits per heavy atom. The molecule has 2 fully saturated rings. The van der Waals surface area contributed by atoms with Gasteiger partial charge in [0, 0.05) is 13.1 Å². The first kappa shape index (κ1) is 11.7. The zero-order valence-electron chi connectivity index (χ0n) is 10.7. The number of nitrogens with zero attached hydrogens (tertiary/aromatic N) is 2. The predicted molar refractivity (Wildman–Crippen MR) is 68.4 cm³/mol. The van der Waals surface area contributed by atoms with Crippen LogP contribution in [0, 0.1) is 11.8 Å². The fourth-order valence-corrected chi connectivity index (χ4v) is 2.56. The Bertz CT molecular complexity index is 254. The molecule has 1 aliphatic heterocycles. The summed E-state index contributed by atoms with van der Waals surface area (Å²) in [4.78, 5) is 6.92. The van der Waals surface area contributed by atoms with Gasteiger partial charge < -0.3 is 10.6 Å². The van der Waals surface area contributed by atoms with E-state index in [0.29, 0.717) is 6.04 Å². The molecule has 0 radical (unpaired) electrons. The molecular formula is C13H25N3. The summed E-state index contributed by atoms with van der Waals surface area (Å²) in [6, 6.07) is 0.541. The standard InChI is InChI=1S/C13H25N3/c1-3-4-11-9-12(11)15-13(14)16-7-5-10(2)6-8-16/h10-12H,3-9H2,1-2H3,(H2,14,15)/t11-,12-/m1/s1. The quantitative estimate of drug-likeness (QED) is 0.589. The molecule has 1 heterocycles. The maximum absolute atomic E-state index is 6.07. The Morgan fingerprint density at radius 1 is 1.38 bits per heavy atom. The molecule has 0 aromatic carbocycles. The van der Waals surface area contributed by atoms with Crippen LogP contribution in [0.15, 0.2) is 4.99 Å². The summed E-state index contributed by atoms with van der Waals surface area (Å²) in [6.45, 7) is 6.76. The van der Waals surface area contributed by atoms with Crippen LogP contribution >= 0.6 is 0 Å². The minimum Gasteiger partial charge on any atom is -0.370 e. The van der Waals surface area contributed by atoms with E-state index < -0.39 is 0 Å². The lowest BCUT2D eigenvalue weighted by Crippen LogP contribution is -2.42. The van der Waals surface area contributed by atoms with Gasteiger partial charge in [0.25, 0.3) is 0 Å². The third-order valence-electron chi connectivity index (χ3n) is 3.95. The number of piperidine rings is 1. The third-order valence-corrected chi connectivity index (χ3v) is 3.95. The second kappa shape index (κ2) is 5.07. The summed E-state index contributed by atoms with van der Waals surface area (Å²) >= 11 is 0. The van der Waals surface area contributed by atoms with E-state index in [2.05, 4.69) is 23.7 Å². The van der Waals surface area contributed by atoms with E-state index in [-0.39, 0.29) is 0 Å². The van der Waals surface area contributed by atoms with Gasteiger partial charge in [-0.15, -0.1) is 0 Å². The second-order valence-electron chi connectivity index (χ2n) is 5.51. The van der Waals surface area contributed by atoms with Crippen LogP contribution < -0.4 is 5.73 Å². The molecule has 1 aliphatic carbocycles. The minimum absolute atomic E-state index is 0.541. The molecule has 3 heteroatoms. The summed E-state index contributed by atoms with van der Waals surface area (Å²) in [5.41, 5.74) is 6.07. The van der Waals surface area contributed by atoms with Gasteiger partial charge in [0.05, 0.1) is 6.04 Å². The van der Waals surface area contributed by atoms with Gasteiger partial charge in [0.15, 0.2) is 5.96 Å². The highest BCUT2D eigenvalue weighted by Gasteiger charge is 2.36. The van der Waals surface area contributed by atoms with E-state index in [1.807, 2.05) is 0 Å². The summed E-state index contributed by atoms with van der Waals surface area (Å²) in [6.07, 6.45) is 6.38. The van der Waals surface area contributed by atoms with E-state index >= 15 is 0 Å². The average Bonchev–Trinajstić information content (AvgIpc) is 2.98. The zero-order chi connectivity index (χ0) is 11.5. The summed E-state index contributed by atoms with van der Waals surface area (Å²) in [5.74, 6) is 2.49. The lowest BCUT2D eigenvalue weighted by Gasteiger charge is -2.31. The fraction of sp³-hybridized carbons (Fsp3) is 0.923. The van der Waals surface area contributed by atoms with Crippen LogP contribution in [0.1, 0.15) is 46.0 Å². The van der Waals surface area contributed by atoms with E-state index in [1.54, 1.807) is 0 Å².